The quantitative estimate of drug-likeness (QED) is 0.617. The molecule has 2 aromatic carbocycles. The molecule has 1 N–H and O–H groups in total. The second kappa shape index (κ2) is 8.50. The van der Waals surface area contributed by atoms with Crippen LogP contribution in [0.15, 0.2) is 36.4 Å². The van der Waals surface area contributed by atoms with Crippen molar-refractivity contribution in [1.82, 2.24) is 9.88 Å². The Labute approximate surface area is 180 Å². The second-order valence-corrected chi connectivity index (χ2v) is 7.04. The minimum absolute atomic E-state index is 0.0161. The van der Waals surface area contributed by atoms with E-state index in [0.29, 0.717) is 27.9 Å². The number of hydrogen-bond donors (Lipinski definition) is 1. The molecule has 3 aromatic rings. The molecule has 1 aromatic heterocycles. The Hall–Kier alpha value is -3.20. The van der Waals surface area contributed by atoms with Crippen molar-refractivity contribution in [2.45, 2.75) is 19.7 Å². The molecule has 0 atom stereocenters. The summed E-state index contributed by atoms with van der Waals surface area (Å²) >= 11 is 6.25. The van der Waals surface area contributed by atoms with Gasteiger partial charge in [-0.1, -0.05) is 11.6 Å². The zero-order valence-electron chi connectivity index (χ0n) is 16.8. The maximum atomic E-state index is 13.2. The van der Waals surface area contributed by atoms with Gasteiger partial charge in [-0.25, -0.2) is 0 Å². The molecule has 1 amide bonds. The highest BCUT2D eigenvalue weighted by molar-refractivity contribution is 6.33. The first-order chi connectivity index (χ1) is 14.6. The average molecular weight is 455 g/mol. The van der Waals surface area contributed by atoms with Gasteiger partial charge in [0.15, 0.2) is 0 Å². The summed E-state index contributed by atoms with van der Waals surface area (Å²) in [5, 5.41) is 3.41. The topological polar surface area (TPSA) is 69.6 Å². The highest BCUT2D eigenvalue weighted by Gasteiger charge is 2.31. The molecule has 6 nitrogen and oxygen atoms in total. The number of carbonyl (C=O) groups is 2. The number of aromatic nitrogens is 1. The Morgan fingerprint density at radius 3 is 2.35 bits per heavy atom. The number of likely N-dealkylation sites (N-methyl/N-ethyl adjacent to an activating group) is 1. The van der Waals surface area contributed by atoms with Gasteiger partial charge in [0.25, 0.3) is 5.91 Å². The minimum Gasteiger partial charge on any atom is -0.495 e. The first-order valence-corrected chi connectivity index (χ1v) is 9.42. The van der Waals surface area contributed by atoms with Gasteiger partial charge in [-0.3, -0.25) is 14.2 Å². The van der Waals surface area contributed by atoms with E-state index < -0.39 is 18.0 Å². The van der Waals surface area contributed by atoms with E-state index in [9.17, 15) is 22.8 Å². The zero-order valence-corrected chi connectivity index (χ0v) is 17.5. The molecule has 0 aliphatic carbocycles. The van der Waals surface area contributed by atoms with E-state index in [1.54, 1.807) is 19.1 Å². The highest BCUT2D eigenvalue weighted by Crippen LogP contribution is 2.35. The molecule has 0 saturated carbocycles. The maximum Gasteiger partial charge on any atom is 0.573 e. The zero-order chi connectivity index (χ0) is 22.9. The number of carbonyl (C=O) groups excluding carboxylic acids is 2. The number of fused-ring (bicyclic) bond motifs is 1. The number of ether oxygens (including phenoxy) is 2. The van der Waals surface area contributed by atoms with Gasteiger partial charge in [0.2, 0.25) is 5.91 Å². The summed E-state index contributed by atoms with van der Waals surface area (Å²) in [5.41, 5.74) is 1.69. The number of nitrogens with zero attached hydrogens (tertiary/aromatic N) is 1. The van der Waals surface area contributed by atoms with Gasteiger partial charge >= 0.3 is 6.36 Å². The summed E-state index contributed by atoms with van der Waals surface area (Å²) in [4.78, 5) is 25.3. The van der Waals surface area contributed by atoms with Crippen LogP contribution in [0.3, 0.4) is 0 Å². The van der Waals surface area contributed by atoms with Crippen LogP contribution in [0.1, 0.15) is 21.6 Å². The molecular formula is C21H18ClF3N2O4. The van der Waals surface area contributed by atoms with Crippen molar-refractivity contribution in [2.75, 3.05) is 14.2 Å². The molecule has 31 heavy (non-hydrogen) atoms. The lowest BCUT2D eigenvalue weighted by Gasteiger charge is -2.11. The summed E-state index contributed by atoms with van der Waals surface area (Å²) in [6.45, 7) is 1.68. The predicted molar refractivity (Wildman–Crippen MR) is 109 cm³/mol. The molecule has 1 heterocycles. The van der Waals surface area contributed by atoms with Crippen molar-refractivity contribution in [1.29, 1.82) is 0 Å². The Morgan fingerprint density at radius 2 is 1.81 bits per heavy atom. The fourth-order valence-electron chi connectivity index (χ4n) is 3.30. The molecule has 0 radical (unpaired) electrons. The van der Waals surface area contributed by atoms with Gasteiger partial charge in [-0.2, -0.15) is 0 Å². The predicted octanol–water partition coefficient (Wildman–Crippen LogP) is 4.49. The summed E-state index contributed by atoms with van der Waals surface area (Å²) in [7, 11) is 2.95. The van der Waals surface area contributed by atoms with Crippen LogP contribution in [-0.4, -0.2) is 36.9 Å². The van der Waals surface area contributed by atoms with Crippen molar-refractivity contribution in [3.8, 4) is 11.5 Å². The fourth-order valence-corrected chi connectivity index (χ4v) is 3.53. The number of hydrogen-bond acceptors (Lipinski definition) is 4. The van der Waals surface area contributed by atoms with Crippen molar-refractivity contribution in [2.24, 2.45) is 0 Å². The van der Waals surface area contributed by atoms with E-state index in [2.05, 4.69) is 10.1 Å². The van der Waals surface area contributed by atoms with E-state index in [1.165, 1.54) is 30.9 Å². The largest absolute Gasteiger partial charge is 0.573 e. The maximum absolute atomic E-state index is 13.2. The van der Waals surface area contributed by atoms with Crippen LogP contribution in [0.5, 0.6) is 11.5 Å². The number of halogens is 4. The van der Waals surface area contributed by atoms with Crippen LogP contribution in [0.25, 0.3) is 10.9 Å². The Kier molecular flexibility index (Phi) is 6.17. The molecular weight excluding hydrogens is 437 g/mol. The summed E-state index contributed by atoms with van der Waals surface area (Å²) < 4.78 is 47.6. The molecule has 0 saturated heterocycles. The number of methoxy groups -OCH3 is 1. The van der Waals surface area contributed by atoms with Gasteiger partial charge in [0.1, 0.15) is 11.5 Å². The smallest absolute Gasteiger partial charge is 0.495 e. The Bertz CT molecular complexity index is 1150. The van der Waals surface area contributed by atoms with Gasteiger partial charge < -0.3 is 14.8 Å². The first-order valence-electron chi connectivity index (χ1n) is 9.04. The van der Waals surface area contributed by atoms with Crippen molar-refractivity contribution in [3.63, 3.8) is 0 Å². The molecule has 3 rings (SSSR count). The minimum atomic E-state index is -4.83. The second-order valence-electron chi connectivity index (χ2n) is 6.63. The van der Waals surface area contributed by atoms with Crippen LogP contribution in [0.4, 0.5) is 13.2 Å². The van der Waals surface area contributed by atoms with Crippen LogP contribution >= 0.6 is 11.6 Å². The third-order valence-corrected chi connectivity index (χ3v) is 5.06. The van der Waals surface area contributed by atoms with Crippen LogP contribution in [0, 0.1) is 6.92 Å². The van der Waals surface area contributed by atoms with Crippen molar-refractivity contribution >= 4 is 34.3 Å². The highest BCUT2D eigenvalue weighted by atomic mass is 35.5. The van der Waals surface area contributed by atoms with E-state index in [-0.39, 0.29) is 22.9 Å². The van der Waals surface area contributed by atoms with Crippen molar-refractivity contribution < 1.29 is 32.2 Å². The molecule has 164 valence electrons. The Balaban J connectivity index is 2.12. The molecule has 0 fully saturated rings. The lowest BCUT2D eigenvalue weighted by atomic mass is 10.1. The lowest BCUT2D eigenvalue weighted by Crippen LogP contribution is -2.21. The molecule has 10 heteroatoms. The van der Waals surface area contributed by atoms with Crippen LogP contribution < -0.4 is 14.8 Å². The fraction of sp³-hybridized carbons (Fsp3) is 0.238. The number of nitrogens with one attached hydrogen (secondary N) is 1. The van der Waals surface area contributed by atoms with E-state index in [0.717, 1.165) is 12.1 Å². The molecule has 0 spiro atoms. The third-order valence-electron chi connectivity index (χ3n) is 4.76. The number of alkyl halides is 3. The molecule has 0 aliphatic rings. The van der Waals surface area contributed by atoms with E-state index in [1.807, 2.05) is 0 Å². The molecule has 0 bridgehead atoms. The summed E-state index contributed by atoms with van der Waals surface area (Å²) in [5.74, 6) is -0.806. The van der Waals surface area contributed by atoms with Gasteiger partial charge in [-0.05, 0) is 48.9 Å². The first kappa shape index (κ1) is 22.5. The number of benzene rings is 2. The number of rotatable bonds is 5. The van der Waals surface area contributed by atoms with Crippen LogP contribution in [-0.2, 0) is 11.2 Å². The molecule has 0 unspecified atom stereocenters. The van der Waals surface area contributed by atoms with Gasteiger partial charge in [0.05, 0.1) is 24.1 Å². The van der Waals surface area contributed by atoms with Crippen LogP contribution in [0.2, 0.25) is 5.02 Å². The lowest BCUT2D eigenvalue weighted by molar-refractivity contribution is -0.274. The molecule has 0 aliphatic heterocycles. The van der Waals surface area contributed by atoms with E-state index >= 15 is 0 Å². The summed E-state index contributed by atoms with van der Waals surface area (Å²) in [6, 6.07) is 7.78. The normalized spacial score (nSPS) is 11.5. The van der Waals surface area contributed by atoms with E-state index in [4.69, 9.17) is 16.3 Å². The van der Waals surface area contributed by atoms with Crippen molar-refractivity contribution in [3.05, 3.63) is 58.2 Å². The van der Waals surface area contributed by atoms with Gasteiger partial charge in [0, 0.05) is 23.7 Å². The Morgan fingerprint density at radius 1 is 1.16 bits per heavy atom. The standard InChI is InChI=1S/C21H18ClF3N2O4/c1-11-14(9-19(28)26-2)15-8-18(30-3)16(22)10-17(15)27(11)20(29)12-4-6-13(7-5-12)31-21(23,24)25/h4-8,10H,9H2,1-3H3,(H,26,28). The summed E-state index contributed by atoms with van der Waals surface area (Å²) in [6.07, 6.45) is -4.81. The number of amides is 1. The van der Waals surface area contributed by atoms with Gasteiger partial charge in [-0.15, -0.1) is 13.2 Å². The SMILES string of the molecule is CNC(=O)Cc1c(C)n(C(=O)c2ccc(OC(F)(F)F)cc2)c2cc(Cl)c(OC)cc12. The monoisotopic (exact) mass is 454 g/mol. The third kappa shape index (κ3) is 4.61. The average Bonchev–Trinajstić information content (AvgIpc) is 2.96.